The van der Waals surface area contributed by atoms with Crippen LogP contribution in [0.15, 0.2) is 36.7 Å². The third-order valence-electron chi connectivity index (χ3n) is 4.45. The summed E-state index contributed by atoms with van der Waals surface area (Å²) in [5, 5.41) is 10.2. The zero-order valence-corrected chi connectivity index (χ0v) is 15.1. The molecule has 0 atom stereocenters. The van der Waals surface area contributed by atoms with Crippen LogP contribution in [0.25, 0.3) is 10.4 Å². The van der Waals surface area contributed by atoms with Crippen LogP contribution in [0.1, 0.15) is 34.9 Å². The first-order valence-electron chi connectivity index (χ1n) is 8.10. The van der Waals surface area contributed by atoms with Gasteiger partial charge in [0.05, 0.1) is 24.1 Å². The normalized spacial score (nSPS) is 15.8. The lowest BCUT2D eigenvalue weighted by atomic mass is 10.1. The van der Waals surface area contributed by atoms with Gasteiger partial charge in [0.1, 0.15) is 10.5 Å². The number of hydrogen-bond acceptors (Lipinski definition) is 5. The number of aryl methyl sites for hydroxylation is 1. The molecule has 0 radical (unpaired) electrons. The molecule has 0 saturated heterocycles. The molecule has 0 aliphatic carbocycles. The van der Waals surface area contributed by atoms with Crippen LogP contribution in [0, 0.1) is 6.92 Å². The number of amides is 1. The average Bonchev–Trinajstić information content (AvgIpc) is 3.18. The molecule has 1 aliphatic heterocycles. The Morgan fingerprint density at radius 2 is 2.16 bits per heavy atom. The molecule has 0 fully saturated rings. The van der Waals surface area contributed by atoms with Gasteiger partial charge in [-0.2, -0.15) is 5.10 Å². The van der Waals surface area contributed by atoms with Crippen molar-refractivity contribution in [1.82, 2.24) is 20.5 Å². The Kier molecular flexibility index (Phi) is 3.61. The van der Waals surface area contributed by atoms with Crippen LogP contribution in [0.4, 0.5) is 5.69 Å². The smallest absolute Gasteiger partial charge is 0.265 e. The highest BCUT2D eigenvalue weighted by molar-refractivity contribution is 7.18. The van der Waals surface area contributed by atoms with Gasteiger partial charge in [0, 0.05) is 22.3 Å². The third-order valence-corrected chi connectivity index (χ3v) is 5.60. The van der Waals surface area contributed by atoms with E-state index >= 15 is 0 Å². The molecule has 2 N–H and O–H groups in total. The Morgan fingerprint density at radius 3 is 2.84 bits per heavy atom. The van der Waals surface area contributed by atoms with E-state index in [1.165, 1.54) is 11.3 Å². The minimum Gasteiger partial charge on any atom is -0.342 e. The van der Waals surface area contributed by atoms with Crippen LogP contribution >= 0.6 is 11.3 Å². The van der Waals surface area contributed by atoms with Gasteiger partial charge in [0.2, 0.25) is 0 Å². The van der Waals surface area contributed by atoms with E-state index in [0.717, 1.165) is 32.4 Å². The minimum atomic E-state index is -0.495. The number of carbonyl (C=O) groups excluding carboxylic acids is 1. The summed E-state index contributed by atoms with van der Waals surface area (Å²) in [6, 6.07) is 7.97. The molecule has 7 heteroatoms. The van der Waals surface area contributed by atoms with Crippen LogP contribution in [0.5, 0.6) is 0 Å². The summed E-state index contributed by atoms with van der Waals surface area (Å²) >= 11 is 1.50. The summed E-state index contributed by atoms with van der Waals surface area (Å²) in [5.74, 6) is -0.0327. The van der Waals surface area contributed by atoms with Crippen molar-refractivity contribution in [1.29, 1.82) is 0 Å². The fourth-order valence-corrected chi connectivity index (χ4v) is 4.24. The first-order chi connectivity index (χ1) is 12.0. The van der Waals surface area contributed by atoms with Gasteiger partial charge < -0.3 is 10.2 Å². The predicted molar refractivity (Wildman–Crippen MR) is 98.6 cm³/mol. The standard InChI is InChI=1S/C18H19N5OS/c1-11-13(9-20-22-11)15-8-14-16(25-15)17(24)21-18(2,3)23(14)10-12-6-4-5-7-19-12/h4-9H,10H2,1-3H3,(H,20,22)(H,21,24). The van der Waals surface area contributed by atoms with Gasteiger partial charge >= 0.3 is 0 Å². The van der Waals surface area contributed by atoms with Crippen molar-refractivity contribution >= 4 is 22.9 Å². The van der Waals surface area contributed by atoms with E-state index in [9.17, 15) is 4.79 Å². The Balaban J connectivity index is 1.80. The van der Waals surface area contributed by atoms with E-state index in [4.69, 9.17) is 0 Å². The lowest BCUT2D eigenvalue weighted by Gasteiger charge is -2.43. The average molecular weight is 353 g/mol. The number of pyridine rings is 1. The fraction of sp³-hybridized carbons (Fsp3) is 0.278. The maximum atomic E-state index is 12.6. The predicted octanol–water partition coefficient (Wildman–Crippen LogP) is 3.33. The van der Waals surface area contributed by atoms with Gasteiger partial charge in [-0.1, -0.05) is 6.07 Å². The van der Waals surface area contributed by atoms with Gasteiger partial charge in [-0.15, -0.1) is 11.3 Å². The minimum absolute atomic E-state index is 0.0327. The van der Waals surface area contributed by atoms with Crippen LogP contribution in [-0.2, 0) is 6.54 Å². The monoisotopic (exact) mass is 353 g/mol. The lowest BCUT2D eigenvalue weighted by Crippen LogP contribution is -2.59. The van der Waals surface area contributed by atoms with Crippen molar-refractivity contribution < 1.29 is 4.79 Å². The van der Waals surface area contributed by atoms with Crippen LogP contribution in [0.3, 0.4) is 0 Å². The molecule has 0 spiro atoms. The lowest BCUT2D eigenvalue weighted by molar-refractivity contribution is 0.0901. The highest BCUT2D eigenvalue weighted by atomic mass is 32.1. The van der Waals surface area contributed by atoms with Gasteiger partial charge in [0.25, 0.3) is 5.91 Å². The van der Waals surface area contributed by atoms with E-state index in [0.29, 0.717) is 6.54 Å². The van der Waals surface area contributed by atoms with Crippen molar-refractivity contribution in [3.8, 4) is 10.4 Å². The molecule has 0 unspecified atom stereocenters. The Hall–Kier alpha value is -2.67. The zero-order valence-electron chi connectivity index (χ0n) is 14.3. The summed E-state index contributed by atoms with van der Waals surface area (Å²) in [4.78, 5) is 21.0. The number of nitrogens with one attached hydrogen (secondary N) is 2. The Morgan fingerprint density at radius 1 is 1.32 bits per heavy atom. The zero-order chi connectivity index (χ0) is 17.6. The van der Waals surface area contributed by atoms with Crippen molar-refractivity contribution in [3.05, 3.63) is 52.9 Å². The molecule has 0 aromatic carbocycles. The molecule has 0 saturated carbocycles. The second kappa shape index (κ2) is 5.70. The van der Waals surface area contributed by atoms with Crippen LogP contribution < -0.4 is 10.2 Å². The molecule has 4 rings (SSSR count). The van der Waals surface area contributed by atoms with Crippen LogP contribution in [-0.4, -0.2) is 26.8 Å². The molecule has 4 heterocycles. The highest BCUT2D eigenvalue weighted by Crippen LogP contribution is 2.42. The molecule has 1 amide bonds. The maximum Gasteiger partial charge on any atom is 0.265 e. The topological polar surface area (TPSA) is 73.9 Å². The summed E-state index contributed by atoms with van der Waals surface area (Å²) < 4.78 is 0. The number of hydrogen-bond donors (Lipinski definition) is 2. The summed E-state index contributed by atoms with van der Waals surface area (Å²) in [7, 11) is 0. The molecule has 128 valence electrons. The van der Waals surface area contributed by atoms with E-state index in [2.05, 4.69) is 31.5 Å². The summed E-state index contributed by atoms with van der Waals surface area (Å²) in [6.45, 7) is 6.63. The number of aromatic amines is 1. The largest absolute Gasteiger partial charge is 0.342 e. The van der Waals surface area contributed by atoms with Gasteiger partial charge in [-0.25, -0.2) is 0 Å². The van der Waals surface area contributed by atoms with Gasteiger partial charge in [-0.05, 0) is 39.0 Å². The molecular weight excluding hydrogens is 334 g/mol. The van der Waals surface area contributed by atoms with Crippen molar-refractivity contribution in [2.24, 2.45) is 0 Å². The van der Waals surface area contributed by atoms with Gasteiger partial charge in [-0.3, -0.25) is 14.9 Å². The number of anilines is 1. The molecule has 3 aromatic rings. The first-order valence-corrected chi connectivity index (χ1v) is 8.91. The number of carbonyl (C=O) groups is 1. The molecule has 6 nitrogen and oxygen atoms in total. The van der Waals surface area contributed by atoms with Gasteiger partial charge in [0.15, 0.2) is 0 Å². The van der Waals surface area contributed by atoms with E-state index in [1.807, 2.05) is 39.0 Å². The number of H-pyrrole nitrogens is 1. The highest BCUT2D eigenvalue weighted by Gasteiger charge is 2.38. The number of rotatable bonds is 3. The first kappa shape index (κ1) is 15.8. The summed E-state index contributed by atoms with van der Waals surface area (Å²) in [5.41, 5.74) is 3.44. The number of aromatic nitrogens is 3. The van der Waals surface area contributed by atoms with Crippen molar-refractivity contribution in [2.45, 2.75) is 33.0 Å². The fourth-order valence-electron chi connectivity index (χ4n) is 3.12. The van der Waals surface area contributed by atoms with E-state index < -0.39 is 5.66 Å². The van der Waals surface area contributed by atoms with E-state index in [-0.39, 0.29) is 5.91 Å². The second-order valence-electron chi connectivity index (χ2n) is 6.65. The second-order valence-corrected chi connectivity index (χ2v) is 7.71. The number of nitrogens with zero attached hydrogens (tertiary/aromatic N) is 3. The molecule has 25 heavy (non-hydrogen) atoms. The molecule has 0 bridgehead atoms. The third kappa shape index (κ3) is 2.70. The van der Waals surface area contributed by atoms with E-state index in [1.54, 1.807) is 12.4 Å². The number of fused-ring (bicyclic) bond motifs is 1. The summed E-state index contributed by atoms with van der Waals surface area (Å²) in [6.07, 6.45) is 3.60. The molecular formula is C18H19N5OS. The van der Waals surface area contributed by atoms with Crippen molar-refractivity contribution in [3.63, 3.8) is 0 Å². The Bertz CT molecular complexity index is 928. The maximum absolute atomic E-state index is 12.6. The SMILES string of the molecule is Cc1[nH]ncc1-c1cc2c(s1)C(=O)NC(C)(C)N2Cc1ccccn1. The number of thiophene rings is 1. The molecule has 3 aromatic heterocycles. The quantitative estimate of drug-likeness (QED) is 0.757. The Labute approximate surface area is 149 Å². The van der Waals surface area contributed by atoms with Crippen LogP contribution in [0.2, 0.25) is 0 Å². The molecule has 1 aliphatic rings. The van der Waals surface area contributed by atoms with Crippen molar-refractivity contribution in [2.75, 3.05) is 4.90 Å².